The Morgan fingerprint density at radius 3 is 2.07 bits per heavy atom. The summed E-state index contributed by atoms with van der Waals surface area (Å²) in [5.74, 6) is 1.42. The van der Waals surface area contributed by atoms with Crippen LogP contribution in [0.3, 0.4) is 0 Å². The van der Waals surface area contributed by atoms with Gasteiger partial charge in [0.15, 0.2) is 0 Å². The van der Waals surface area contributed by atoms with Crippen LogP contribution in [0.25, 0.3) is 83.4 Å². The van der Waals surface area contributed by atoms with E-state index in [9.17, 15) is 0 Å². The first-order valence-corrected chi connectivity index (χ1v) is 24.2. The second-order valence-electron chi connectivity index (χ2n) is 16.7. The monoisotopic (exact) mass is 987 g/mol. The number of hydrogen-bond donors (Lipinski definition) is 0. The summed E-state index contributed by atoms with van der Waals surface area (Å²) in [6.07, 6.45) is 6.44. The number of nitrogens with zero attached hydrogens (tertiary/aromatic N) is 3. The summed E-state index contributed by atoms with van der Waals surface area (Å²) in [6, 6.07) is 59.5. The van der Waals surface area contributed by atoms with E-state index in [4.69, 9.17) is 10.8 Å². The van der Waals surface area contributed by atoms with Crippen LogP contribution in [-0.4, -0.2) is 22.6 Å². The van der Waals surface area contributed by atoms with Gasteiger partial charge in [0.1, 0.15) is 0 Å². The van der Waals surface area contributed by atoms with E-state index >= 15 is 0 Å². The summed E-state index contributed by atoms with van der Waals surface area (Å²) in [4.78, 5) is 9.87. The smallest absolute Gasteiger partial charge is 0.0798 e. The van der Waals surface area contributed by atoms with Gasteiger partial charge in [-0.25, -0.2) is 0 Å². The molecule has 303 valence electrons. The number of furan rings is 1. The van der Waals surface area contributed by atoms with Crippen LogP contribution in [0.1, 0.15) is 20.8 Å². The minimum absolute atomic E-state index is 0. The zero-order valence-electron chi connectivity index (χ0n) is 36.0. The molecule has 3 aromatic heterocycles. The summed E-state index contributed by atoms with van der Waals surface area (Å²) in [5, 5.41) is 4.42. The molecule has 10 aromatic rings. The molecule has 7 aromatic carbocycles. The van der Waals surface area contributed by atoms with Gasteiger partial charge >= 0.3 is 0 Å². The van der Waals surface area contributed by atoms with Gasteiger partial charge in [0.2, 0.25) is 0 Å². The Balaban J connectivity index is 0.000000214. The van der Waals surface area contributed by atoms with Crippen LogP contribution >= 0.6 is 0 Å². The van der Waals surface area contributed by atoms with Gasteiger partial charge in [-0.15, -0.1) is 35.9 Å². The maximum atomic E-state index is 8.15. The molecule has 0 fully saturated rings. The summed E-state index contributed by atoms with van der Waals surface area (Å²) in [5.41, 5.74) is 12.5. The maximum Gasteiger partial charge on any atom is 0.0798 e. The molecular formula is C55H47IrN3OSi-2. The Morgan fingerprint density at radius 2 is 1.39 bits per heavy atom. The standard InChI is InChI=1S/C37H23N2O.C18H24NSi.Ir/c1-3-12-25(13-4-1)29-18-11-19-30(26-14-5-2-6-15-26)36(29)39-34-21-10-9-20-33(34)38-37(39)32-24-40-35-23-28-17-8-7-16-27(28)22-31(32)35;1-14(2)11-16-12-17(15-9-7-6-8-10-15)19-13-18(16)20(3,4)5;/h1-23H;6-9,12-14H,11H2,1-5H3;/q2*-1;/i7D;;. The number of rotatable bonds is 8. The summed E-state index contributed by atoms with van der Waals surface area (Å²) in [7, 11) is -1.34. The second-order valence-corrected chi connectivity index (χ2v) is 21.8. The molecule has 61 heavy (non-hydrogen) atoms. The van der Waals surface area contributed by atoms with Gasteiger partial charge in [0, 0.05) is 49.3 Å². The third-order valence-electron chi connectivity index (χ3n) is 10.9. The number of pyridine rings is 1. The van der Waals surface area contributed by atoms with Gasteiger partial charge in [0.05, 0.1) is 32.0 Å². The Kier molecular flexibility index (Phi) is 11.8. The molecule has 0 bridgehead atoms. The third kappa shape index (κ3) is 8.58. The van der Waals surface area contributed by atoms with Gasteiger partial charge < -0.3 is 14.0 Å². The van der Waals surface area contributed by atoms with Crippen molar-refractivity contribution in [3.8, 4) is 50.6 Å². The zero-order chi connectivity index (χ0) is 42.1. The van der Waals surface area contributed by atoms with E-state index in [0.717, 1.165) is 89.8 Å². The first kappa shape index (κ1) is 40.2. The molecule has 0 atom stereocenters. The second kappa shape index (κ2) is 17.8. The molecule has 0 saturated heterocycles. The van der Waals surface area contributed by atoms with Crippen molar-refractivity contribution in [2.24, 2.45) is 5.92 Å². The summed E-state index contributed by atoms with van der Waals surface area (Å²) < 4.78 is 16.4. The molecule has 0 aliphatic carbocycles. The largest absolute Gasteiger partial charge is 0.557 e. The minimum atomic E-state index is -1.34. The van der Waals surface area contributed by atoms with Crippen molar-refractivity contribution < 1.29 is 25.9 Å². The third-order valence-corrected chi connectivity index (χ3v) is 13.0. The fourth-order valence-corrected chi connectivity index (χ4v) is 9.74. The topological polar surface area (TPSA) is 43.9 Å². The van der Waals surface area contributed by atoms with E-state index in [1.54, 1.807) is 6.07 Å². The Labute approximate surface area is 374 Å². The van der Waals surface area contributed by atoms with Crippen LogP contribution in [0.2, 0.25) is 19.6 Å². The van der Waals surface area contributed by atoms with Crippen molar-refractivity contribution >= 4 is 46.0 Å². The molecule has 0 aliphatic rings. The normalized spacial score (nSPS) is 11.7. The number of benzene rings is 7. The molecule has 0 aliphatic heterocycles. The van der Waals surface area contributed by atoms with Crippen LogP contribution in [0.15, 0.2) is 180 Å². The average molecular weight is 987 g/mol. The predicted molar refractivity (Wildman–Crippen MR) is 254 cm³/mol. The van der Waals surface area contributed by atoms with Crippen LogP contribution in [0.5, 0.6) is 0 Å². The van der Waals surface area contributed by atoms with Crippen molar-refractivity contribution in [3.63, 3.8) is 0 Å². The molecular weight excluding hydrogens is 939 g/mol. The van der Waals surface area contributed by atoms with E-state index in [2.05, 4.69) is 159 Å². The van der Waals surface area contributed by atoms with Crippen molar-refractivity contribution in [1.82, 2.24) is 14.5 Å². The van der Waals surface area contributed by atoms with Gasteiger partial charge in [-0.1, -0.05) is 183 Å². The molecule has 0 unspecified atom stereocenters. The number of para-hydroxylation sites is 3. The molecule has 6 heteroatoms. The molecule has 10 rings (SSSR count). The Hall–Kier alpha value is -6.17. The zero-order valence-corrected chi connectivity index (χ0v) is 38.4. The van der Waals surface area contributed by atoms with Gasteiger partial charge in [-0.3, -0.25) is 4.98 Å². The van der Waals surface area contributed by atoms with Crippen LogP contribution in [0.4, 0.5) is 0 Å². The van der Waals surface area contributed by atoms with E-state index in [-0.39, 0.29) is 20.1 Å². The predicted octanol–water partition coefficient (Wildman–Crippen LogP) is 14.0. The fraction of sp³-hybridized carbons (Fsp3) is 0.127. The van der Waals surface area contributed by atoms with Gasteiger partial charge in [-0.2, -0.15) is 0 Å². The van der Waals surface area contributed by atoms with E-state index in [0.29, 0.717) is 12.0 Å². The Bertz CT molecular complexity index is 3080. The first-order chi connectivity index (χ1) is 29.6. The molecule has 1 radical (unpaired) electrons. The number of imidazole rings is 1. The van der Waals surface area contributed by atoms with Crippen molar-refractivity contribution in [2.45, 2.75) is 39.9 Å². The van der Waals surface area contributed by atoms with Crippen molar-refractivity contribution in [2.75, 3.05) is 0 Å². The van der Waals surface area contributed by atoms with Gasteiger partial charge in [-0.05, 0) is 57.3 Å². The van der Waals surface area contributed by atoms with Crippen LogP contribution in [-0.2, 0) is 26.5 Å². The van der Waals surface area contributed by atoms with E-state index in [1.807, 2.05) is 60.7 Å². The first-order valence-electron chi connectivity index (χ1n) is 21.2. The van der Waals surface area contributed by atoms with Gasteiger partial charge in [0.25, 0.3) is 0 Å². The van der Waals surface area contributed by atoms with Crippen molar-refractivity contribution in [1.29, 1.82) is 0 Å². The molecule has 0 spiro atoms. The number of aromatic nitrogens is 3. The number of hydrogen-bond acceptors (Lipinski definition) is 3. The van der Waals surface area contributed by atoms with Crippen LogP contribution < -0.4 is 5.19 Å². The quantitative estimate of drug-likeness (QED) is 0.113. The molecule has 0 amide bonds. The van der Waals surface area contributed by atoms with Crippen molar-refractivity contribution in [3.05, 3.63) is 194 Å². The Morgan fingerprint density at radius 1 is 0.721 bits per heavy atom. The molecule has 0 saturated carbocycles. The molecule has 4 nitrogen and oxygen atoms in total. The van der Waals surface area contributed by atoms with E-state index < -0.39 is 8.07 Å². The van der Waals surface area contributed by atoms with Crippen LogP contribution in [0, 0.1) is 18.2 Å². The molecule has 0 N–H and O–H groups in total. The SMILES string of the molecule is CC(C)Cc1cc(-c2[c-]cccc2)ncc1[Si](C)(C)C.[2H]c1ccc2cc3o[c-]c(-c4nc5ccccc5n4-c4c(-c5ccccc5)cccc4-c4ccccc4)c3cc2c1.[Ir]. The number of fused-ring (bicyclic) bond motifs is 3. The fourth-order valence-electron chi connectivity index (χ4n) is 8.15. The van der Waals surface area contributed by atoms with E-state index in [1.165, 1.54) is 10.8 Å². The molecule has 3 heterocycles. The maximum absolute atomic E-state index is 8.15. The minimum Gasteiger partial charge on any atom is -0.557 e. The summed E-state index contributed by atoms with van der Waals surface area (Å²) >= 11 is 0. The average Bonchev–Trinajstić information content (AvgIpc) is 3.86. The summed E-state index contributed by atoms with van der Waals surface area (Å²) in [6.45, 7) is 11.7.